The van der Waals surface area contributed by atoms with Crippen LogP contribution in [0.25, 0.3) is 11.0 Å². The molecule has 1 aliphatic rings. The van der Waals surface area contributed by atoms with Crippen molar-refractivity contribution in [2.75, 3.05) is 13.1 Å². The number of aromatic nitrogens is 2. The Balaban J connectivity index is 1.49. The maximum absolute atomic E-state index is 4.70. The zero-order valence-electron chi connectivity index (χ0n) is 13.9. The van der Waals surface area contributed by atoms with Gasteiger partial charge >= 0.3 is 0 Å². The molecule has 1 fully saturated rings. The lowest BCUT2D eigenvalue weighted by atomic mass is 10.2. The number of fused-ring (bicyclic) bond motifs is 1. The van der Waals surface area contributed by atoms with Crippen LogP contribution in [0.4, 0.5) is 0 Å². The van der Waals surface area contributed by atoms with E-state index in [0.29, 0.717) is 6.04 Å². The largest absolute Gasteiger partial charge is 0.357 e. The van der Waals surface area contributed by atoms with Crippen LogP contribution in [0.1, 0.15) is 44.9 Å². The molecule has 124 valence electrons. The Morgan fingerprint density at radius 1 is 1.30 bits per heavy atom. The van der Waals surface area contributed by atoms with E-state index in [-0.39, 0.29) is 0 Å². The molecule has 1 aromatic heterocycles. The SMILES string of the molecule is CCNC(=NCCCc1nc2ccccc2[nH]1)NC1CCCC1. The standard InChI is InChI=1S/C18H27N5/c1-2-19-18(21-14-8-3-4-9-14)20-13-7-12-17-22-15-10-5-6-11-16(15)23-17/h5-6,10-11,14H,2-4,7-9,12-13H2,1H3,(H,22,23)(H2,19,20,21). The molecule has 0 atom stereocenters. The number of guanidine groups is 1. The summed E-state index contributed by atoms with van der Waals surface area (Å²) in [6.07, 6.45) is 7.14. The van der Waals surface area contributed by atoms with E-state index in [2.05, 4.69) is 33.6 Å². The maximum Gasteiger partial charge on any atom is 0.191 e. The highest BCUT2D eigenvalue weighted by molar-refractivity contribution is 5.80. The molecule has 5 heteroatoms. The van der Waals surface area contributed by atoms with Crippen LogP contribution in [-0.4, -0.2) is 35.1 Å². The highest BCUT2D eigenvalue weighted by atomic mass is 15.2. The quantitative estimate of drug-likeness (QED) is 0.436. The lowest BCUT2D eigenvalue weighted by Gasteiger charge is -2.16. The molecule has 1 aromatic carbocycles. The van der Waals surface area contributed by atoms with Gasteiger partial charge < -0.3 is 15.6 Å². The Bertz CT molecular complexity index is 607. The molecule has 0 spiro atoms. The van der Waals surface area contributed by atoms with Gasteiger partial charge in [-0.05, 0) is 38.3 Å². The summed E-state index contributed by atoms with van der Waals surface area (Å²) in [4.78, 5) is 12.7. The van der Waals surface area contributed by atoms with Gasteiger partial charge in [-0.15, -0.1) is 0 Å². The van der Waals surface area contributed by atoms with Gasteiger partial charge in [0, 0.05) is 25.6 Å². The first-order chi connectivity index (χ1) is 11.3. The van der Waals surface area contributed by atoms with E-state index in [1.165, 1.54) is 25.7 Å². The summed E-state index contributed by atoms with van der Waals surface area (Å²) < 4.78 is 0. The third-order valence-electron chi connectivity index (χ3n) is 4.32. The van der Waals surface area contributed by atoms with E-state index in [0.717, 1.165) is 48.7 Å². The van der Waals surface area contributed by atoms with Gasteiger partial charge in [-0.25, -0.2) is 4.98 Å². The van der Waals surface area contributed by atoms with Crippen LogP contribution in [0, 0.1) is 0 Å². The number of aliphatic imine (C=N–C) groups is 1. The van der Waals surface area contributed by atoms with Crippen molar-refractivity contribution in [3.8, 4) is 0 Å². The minimum Gasteiger partial charge on any atom is -0.357 e. The zero-order chi connectivity index (χ0) is 15.9. The highest BCUT2D eigenvalue weighted by Gasteiger charge is 2.15. The number of H-pyrrole nitrogens is 1. The van der Waals surface area contributed by atoms with Crippen molar-refractivity contribution in [2.45, 2.75) is 51.5 Å². The predicted octanol–water partition coefficient (Wildman–Crippen LogP) is 2.99. The third kappa shape index (κ3) is 4.47. The molecular weight excluding hydrogens is 286 g/mol. The zero-order valence-corrected chi connectivity index (χ0v) is 13.9. The number of benzene rings is 1. The number of hydrogen-bond donors (Lipinski definition) is 3. The van der Waals surface area contributed by atoms with Crippen molar-refractivity contribution < 1.29 is 0 Å². The Labute approximate surface area is 138 Å². The minimum atomic E-state index is 0.600. The minimum absolute atomic E-state index is 0.600. The van der Waals surface area contributed by atoms with Crippen LogP contribution in [0.15, 0.2) is 29.3 Å². The first-order valence-electron chi connectivity index (χ1n) is 8.83. The van der Waals surface area contributed by atoms with Crippen molar-refractivity contribution in [1.82, 2.24) is 20.6 Å². The Morgan fingerprint density at radius 2 is 2.13 bits per heavy atom. The van der Waals surface area contributed by atoms with Crippen molar-refractivity contribution in [3.05, 3.63) is 30.1 Å². The van der Waals surface area contributed by atoms with Gasteiger partial charge in [-0.3, -0.25) is 4.99 Å². The van der Waals surface area contributed by atoms with Crippen LogP contribution < -0.4 is 10.6 Å². The second kappa shape index (κ2) is 7.99. The van der Waals surface area contributed by atoms with Crippen molar-refractivity contribution in [2.24, 2.45) is 4.99 Å². The fraction of sp³-hybridized carbons (Fsp3) is 0.556. The molecule has 0 radical (unpaired) electrons. The van der Waals surface area contributed by atoms with E-state index in [4.69, 9.17) is 4.99 Å². The monoisotopic (exact) mass is 313 g/mol. The molecule has 0 saturated heterocycles. The van der Waals surface area contributed by atoms with Crippen LogP contribution in [-0.2, 0) is 6.42 Å². The third-order valence-corrected chi connectivity index (χ3v) is 4.32. The van der Waals surface area contributed by atoms with Crippen molar-refractivity contribution in [3.63, 3.8) is 0 Å². The van der Waals surface area contributed by atoms with Gasteiger partial charge in [0.2, 0.25) is 0 Å². The Morgan fingerprint density at radius 3 is 2.91 bits per heavy atom. The lowest BCUT2D eigenvalue weighted by Crippen LogP contribution is -2.42. The van der Waals surface area contributed by atoms with Crippen LogP contribution >= 0.6 is 0 Å². The molecule has 1 heterocycles. The van der Waals surface area contributed by atoms with Crippen LogP contribution in [0.5, 0.6) is 0 Å². The second-order valence-electron chi connectivity index (χ2n) is 6.19. The maximum atomic E-state index is 4.70. The van der Waals surface area contributed by atoms with Crippen LogP contribution in [0.2, 0.25) is 0 Å². The Hall–Kier alpha value is -2.04. The van der Waals surface area contributed by atoms with Crippen molar-refractivity contribution >= 4 is 17.0 Å². The molecule has 0 bridgehead atoms. The molecule has 2 aromatic rings. The molecule has 1 saturated carbocycles. The number of aryl methyl sites for hydroxylation is 1. The average molecular weight is 313 g/mol. The van der Waals surface area contributed by atoms with Crippen LogP contribution in [0.3, 0.4) is 0 Å². The molecule has 3 rings (SSSR count). The van der Waals surface area contributed by atoms with Gasteiger partial charge in [0.15, 0.2) is 5.96 Å². The molecule has 0 aliphatic heterocycles. The molecule has 5 nitrogen and oxygen atoms in total. The number of nitrogens with zero attached hydrogens (tertiary/aromatic N) is 2. The number of nitrogens with one attached hydrogen (secondary N) is 3. The smallest absolute Gasteiger partial charge is 0.191 e. The first-order valence-corrected chi connectivity index (χ1v) is 8.83. The number of imidazole rings is 1. The fourth-order valence-electron chi connectivity index (χ4n) is 3.14. The second-order valence-corrected chi connectivity index (χ2v) is 6.19. The molecule has 0 unspecified atom stereocenters. The van der Waals surface area contributed by atoms with E-state index in [9.17, 15) is 0 Å². The molecule has 1 aliphatic carbocycles. The van der Waals surface area contributed by atoms with E-state index in [1.54, 1.807) is 0 Å². The van der Waals surface area contributed by atoms with E-state index >= 15 is 0 Å². The van der Waals surface area contributed by atoms with Gasteiger partial charge in [-0.1, -0.05) is 25.0 Å². The number of hydrogen-bond acceptors (Lipinski definition) is 2. The first kappa shape index (κ1) is 15.8. The number of rotatable bonds is 6. The van der Waals surface area contributed by atoms with Gasteiger partial charge in [0.25, 0.3) is 0 Å². The summed E-state index contributed by atoms with van der Waals surface area (Å²) in [7, 11) is 0. The summed E-state index contributed by atoms with van der Waals surface area (Å²) in [5, 5.41) is 6.90. The highest BCUT2D eigenvalue weighted by Crippen LogP contribution is 2.17. The van der Waals surface area contributed by atoms with E-state index in [1.807, 2.05) is 18.2 Å². The molecule has 3 N–H and O–H groups in total. The molecule has 23 heavy (non-hydrogen) atoms. The normalized spacial score (nSPS) is 16.1. The lowest BCUT2D eigenvalue weighted by molar-refractivity contribution is 0.612. The van der Waals surface area contributed by atoms with Gasteiger partial charge in [0.05, 0.1) is 11.0 Å². The summed E-state index contributed by atoms with van der Waals surface area (Å²) in [5.74, 6) is 2.01. The van der Waals surface area contributed by atoms with Gasteiger partial charge in [0.1, 0.15) is 5.82 Å². The van der Waals surface area contributed by atoms with Gasteiger partial charge in [-0.2, -0.15) is 0 Å². The average Bonchev–Trinajstić information content (AvgIpc) is 3.20. The molecule has 0 amide bonds. The number of aromatic amines is 1. The summed E-state index contributed by atoms with van der Waals surface area (Å²) in [6.45, 7) is 3.83. The number of para-hydroxylation sites is 2. The summed E-state index contributed by atoms with van der Waals surface area (Å²) >= 11 is 0. The summed E-state index contributed by atoms with van der Waals surface area (Å²) in [5.41, 5.74) is 2.16. The van der Waals surface area contributed by atoms with E-state index < -0.39 is 0 Å². The summed E-state index contributed by atoms with van der Waals surface area (Å²) in [6, 6.07) is 8.77. The fourth-order valence-corrected chi connectivity index (χ4v) is 3.14. The van der Waals surface area contributed by atoms with Crippen molar-refractivity contribution in [1.29, 1.82) is 0 Å². The molecular formula is C18H27N5. The predicted molar refractivity (Wildman–Crippen MR) is 95.8 cm³/mol. The topological polar surface area (TPSA) is 65.1 Å². The Kier molecular flexibility index (Phi) is 5.51.